The van der Waals surface area contributed by atoms with Gasteiger partial charge in [0, 0.05) is 11.6 Å². The first kappa shape index (κ1) is 9.80. The largest absolute Gasteiger partial charge is 0.486 e. The van der Waals surface area contributed by atoms with Gasteiger partial charge in [0.25, 0.3) is 0 Å². The number of fused-ring (bicyclic) bond motifs is 1. The number of benzene rings is 1. The normalized spacial score (nSPS) is 19.4. The number of hydrogen-bond acceptors (Lipinski definition) is 3. The van der Waals surface area contributed by atoms with Crippen LogP contribution in [0.5, 0.6) is 11.5 Å². The number of hydrogen-bond donors (Lipinski definition) is 0. The average Bonchev–Trinajstić information content (AvgIpc) is 2.17. The van der Waals surface area contributed by atoms with Crippen LogP contribution in [0.3, 0.4) is 0 Å². The summed E-state index contributed by atoms with van der Waals surface area (Å²) in [5.74, 6) is 1.56. The van der Waals surface area contributed by atoms with Gasteiger partial charge in [0.2, 0.25) is 0 Å². The third-order valence-corrected chi connectivity index (χ3v) is 2.47. The van der Waals surface area contributed by atoms with E-state index in [-0.39, 0.29) is 6.10 Å². The summed E-state index contributed by atoms with van der Waals surface area (Å²) in [6.45, 7) is 1.09. The SMILES string of the molecule is COCC1COc2ccc(Br)cc2O1. The maximum Gasteiger partial charge on any atom is 0.163 e. The number of ether oxygens (including phenoxy) is 3. The first-order valence-corrected chi connectivity index (χ1v) is 5.17. The van der Waals surface area contributed by atoms with Gasteiger partial charge in [0.1, 0.15) is 6.61 Å². The summed E-state index contributed by atoms with van der Waals surface area (Å²) < 4.78 is 17.2. The Kier molecular flexibility index (Phi) is 2.93. The molecule has 2 rings (SSSR count). The lowest BCUT2D eigenvalue weighted by Gasteiger charge is -2.25. The second-order valence-corrected chi connectivity index (χ2v) is 4.01. The molecule has 0 saturated heterocycles. The molecule has 0 radical (unpaired) electrons. The highest BCUT2D eigenvalue weighted by Crippen LogP contribution is 2.34. The van der Waals surface area contributed by atoms with Crippen LogP contribution in [0.25, 0.3) is 0 Å². The highest BCUT2D eigenvalue weighted by molar-refractivity contribution is 9.10. The van der Waals surface area contributed by atoms with Crippen LogP contribution < -0.4 is 9.47 Å². The molecule has 0 saturated carbocycles. The van der Waals surface area contributed by atoms with Gasteiger partial charge in [-0.05, 0) is 18.2 Å². The van der Waals surface area contributed by atoms with Gasteiger partial charge in [-0.3, -0.25) is 0 Å². The standard InChI is InChI=1S/C10H11BrO3/c1-12-5-8-6-13-9-3-2-7(11)4-10(9)14-8/h2-4,8H,5-6H2,1H3. The van der Waals surface area contributed by atoms with Crippen molar-refractivity contribution in [2.45, 2.75) is 6.10 Å². The summed E-state index contributed by atoms with van der Waals surface area (Å²) in [7, 11) is 1.65. The van der Waals surface area contributed by atoms with Crippen molar-refractivity contribution in [2.75, 3.05) is 20.3 Å². The minimum atomic E-state index is -0.0122. The van der Waals surface area contributed by atoms with Gasteiger partial charge in [-0.1, -0.05) is 15.9 Å². The van der Waals surface area contributed by atoms with Crippen molar-refractivity contribution >= 4 is 15.9 Å². The molecule has 14 heavy (non-hydrogen) atoms. The second-order valence-electron chi connectivity index (χ2n) is 3.10. The lowest BCUT2D eigenvalue weighted by atomic mass is 10.3. The third-order valence-electron chi connectivity index (χ3n) is 1.98. The summed E-state index contributed by atoms with van der Waals surface area (Å²) in [6, 6.07) is 5.72. The molecule has 4 heteroatoms. The van der Waals surface area contributed by atoms with Crippen LogP contribution in [0.1, 0.15) is 0 Å². The molecule has 0 aromatic heterocycles. The summed E-state index contributed by atoms with van der Waals surface area (Å²) in [6.07, 6.45) is -0.0122. The van der Waals surface area contributed by atoms with E-state index in [1.54, 1.807) is 7.11 Å². The van der Waals surface area contributed by atoms with Crippen LogP contribution in [0.2, 0.25) is 0 Å². The van der Waals surface area contributed by atoms with Crippen molar-refractivity contribution in [1.29, 1.82) is 0 Å². The Balaban J connectivity index is 2.16. The van der Waals surface area contributed by atoms with E-state index in [4.69, 9.17) is 14.2 Å². The lowest BCUT2D eigenvalue weighted by molar-refractivity contribution is 0.0271. The van der Waals surface area contributed by atoms with Gasteiger partial charge in [-0.15, -0.1) is 0 Å². The summed E-state index contributed by atoms with van der Waals surface area (Å²) in [4.78, 5) is 0. The smallest absolute Gasteiger partial charge is 0.163 e. The number of halogens is 1. The quantitative estimate of drug-likeness (QED) is 0.815. The molecule has 76 valence electrons. The van der Waals surface area contributed by atoms with Gasteiger partial charge >= 0.3 is 0 Å². The fraction of sp³-hybridized carbons (Fsp3) is 0.400. The zero-order chi connectivity index (χ0) is 9.97. The van der Waals surface area contributed by atoms with Gasteiger partial charge in [0.15, 0.2) is 17.6 Å². The van der Waals surface area contributed by atoms with Crippen LogP contribution in [0, 0.1) is 0 Å². The molecule has 1 aromatic carbocycles. The van der Waals surface area contributed by atoms with E-state index in [1.165, 1.54) is 0 Å². The van der Waals surface area contributed by atoms with E-state index in [0.717, 1.165) is 16.0 Å². The molecule has 3 nitrogen and oxygen atoms in total. The molecule has 0 fully saturated rings. The maximum absolute atomic E-state index is 5.67. The monoisotopic (exact) mass is 258 g/mol. The van der Waals surface area contributed by atoms with Gasteiger partial charge in [-0.25, -0.2) is 0 Å². The Hall–Kier alpha value is -0.740. The van der Waals surface area contributed by atoms with Crippen molar-refractivity contribution in [2.24, 2.45) is 0 Å². The highest BCUT2D eigenvalue weighted by atomic mass is 79.9. The van der Waals surface area contributed by atoms with Crippen LogP contribution >= 0.6 is 15.9 Å². The van der Waals surface area contributed by atoms with Gasteiger partial charge in [-0.2, -0.15) is 0 Å². The summed E-state index contributed by atoms with van der Waals surface area (Å²) in [5, 5.41) is 0. The highest BCUT2D eigenvalue weighted by Gasteiger charge is 2.20. The number of rotatable bonds is 2. The molecular formula is C10H11BrO3. The molecule has 0 amide bonds. The number of methoxy groups -OCH3 is 1. The van der Waals surface area contributed by atoms with Crippen molar-refractivity contribution in [3.05, 3.63) is 22.7 Å². The van der Waals surface area contributed by atoms with Crippen LogP contribution in [-0.4, -0.2) is 26.4 Å². The Labute approximate surface area is 91.1 Å². The first-order chi connectivity index (χ1) is 6.79. The molecule has 1 aliphatic rings. The van der Waals surface area contributed by atoms with Gasteiger partial charge in [0.05, 0.1) is 6.61 Å². The molecule has 1 aromatic rings. The fourth-order valence-electron chi connectivity index (χ4n) is 1.36. The zero-order valence-electron chi connectivity index (χ0n) is 7.83. The van der Waals surface area contributed by atoms with E-state index >= 15 is 0 Å². The Morgan fingerprint density at radius 1 is 1.50 bits per heavy atom. The molecule has 1 unspecified atom stereocenters. The Morgan fingerprint density at radius 2 is 2.36 bits per heavy atom. The van der Waals surface area contributed by atoms with Crippen molar-refractivity contribution in [3.8, 4) is 11.5 Å². The molecule has 0 aliphatic carbocycles. The third kappa shape index (κ3) is 2.01. The second kappa shape index (κ2) is 4.19. The summed E-state index contributed by atoms with van der Waals surface area (Å²) in [5.41, 5.74) is 0. The minimum absolute atomic E-state index is 0.0122. The maximum atomic E-state index is 5.67. The molecule has 0 bridgehead atoms. The van der Waals surface area contributed by atoms with Crippen LogP contribution in [0.15, 0.2) is 22.7 Å². The fourth-order valence-corrected chi connectivity index (χ4v) is 1.70. The van der Waals surface area contributed by atoms with E-state index in [9.17, 15) is 0 Å². The van der Waals surface area contributed by atoms with E-state index in [2.05, 4.69) is 15.9 Å². The first-order valence-electron chi connectivity index (χ1n) is 4.37. The molecule has 0 N–H and O–H groups in total. The molecular weight excluding hydrogens is 248 g/mol. The predicted octanol–water partition coefficient (Wildman–Crippen LogP) is 2.24. The topological polar surface area (TPSA) is 27.7 Å². The van der Waals surface area contributed by atoms with E-state index < -0.39 is 0 Å². The van der Waals surface area contributed by atoms with Crippen LogP contribution in [0.4, 0.5) is 0 Å². The Morgan fingerprint density at radius 3 is 3.14 bits per heavy atom. The zero-order valence-corrected chi connectivity index (χ0v) is 9.41. The predicted molar refractivity (Wildman–Crippen MR) is 55.9 cm³/mol. The van der Waals surface area contributed by atoms with Crippen molar-refractivity contribution in [1.82, 2.24) is 0 Å². The van der Waals surface area contributed by atoms with Crippen LogP contribution in [-0.2, 0) is 4.74 Å². The van der Waals surface area contributed by atoms with Gasteiger partial charge < -0.3 is 14.2 Å². The molecule has 1 heterocycles. The van der Waals surface area contributed by atoms with Crippen molar-refractivity contribution in [3.63, 3.8) is 0 Å². The Bertz CT molecular complexity index is 327. The van der Waals surface area contributed by atoms with E-state index in [1.807, 2.05) is 18.2 Å². The average molecular weight is 259 g/mol. The molecule has 1 aliphatic heterocycles. The minimum Gasteiger partial charge on any atom is -0.486 e. The summed E-state index contributed by atoms with van der Waals surface area (Å²) >= 11 is 3.38. The lowest BCUT2D eigenvalue weighted by Crippen LogP contribution is -2.32. The molecule has 1 atom stereocenters. The molecule has 0 spiro atoms. The van der Waals surface area contributed by atoms with E-state index in [0.29, 0.717) is 13.2 Å². The van der Waals surface area contributed by atoms with Crippen molar-refractivity contribution < 1.29 is 14.2 Å².